The van der Waals surface area contributed by atoms with E-state index in [1.165, 1.54) is 0 Å². The lowest BCUT2D eigenvalue weighted by Crippen LogP contribution is -2.04. The molecule has 0 fully saturated rings. The molecule has 0 spiro atoms. The molecular weight excluding hydrogens is 241 g/mol. The molecule has 0 unspecified atom stereocenters. The molecule has 0 atom stereocenters. The topological polar surface area (TPSA) is 24.9 Å². The number of aryl methyl sites for hydroxylation is 1. The molecule has 5 heteroatoms. The smallest absolute Gasteiger partial charge is 0.195 e. The average Bonchev–Trinajstić information content (AvgIpc) is 2.32. The molecule has 18 heavy (non-hydrogen) atoms. The summed E-state index contributed by atoms with van der Waals surface area (Å²) in [5, 5.41) is 2.99. The Morgan fingerprint density at radius 2 is 1.89 bits per heavy atom. The van der Waals surface area contributed by atoms with Crippen LogP contribution in [0.25, 0.3) is 10.9 Å². The number of hydrogen-bond acceptors (Lipinski definition) is 2. The molecule has 0 saturated heterocycles. The number of aromatic nitrogens is 1. The minimum absolute atomic E-state index is 0.00653. The predicted octanol–water partition coefficient (Wildman–Crippen LogP) is 3.78. The molecule has 0 aliphatic carbocycles. The van der Waals surface area contributed by atoms with E-state index in [9.17, 15) is 13.2 Å². The van der Waals surface area contributed by atoms with Crippen molar-refractivity contribution < 1.29 is 13.2 Å². The molecule has 1 aromatic heterocycles. The third-order valence-corrected chi connectivity index (χ3v) is 2.63. The standard InChI is InChI=1S/C13H13F3N2/c1-3-4-17-9-5-7(2)18-10-6-8(14)12(15)13(16)11(9)10/h5-6H,3-4H2,1-2H3,(H,17,18). The number of rotatable bonds is 3. The van der Waals surface area contributed by atoms with Crippen LogP contribution in [-0.2, 0) is 0 Å². The maximum atomic E-state index is 13.8. The van der Waals surface area contributed by atoms with Crippen LogP contribution in [-0.4, -0.2) is 11.5 Å². The summed E-state index contributed by atoms with van der Waals surface area (Å²) >= 11 is 0. The van der Waals surface area contributed by atoms with Gasteiger partial charge in [-0.25, -0.2) is 13.2 Å². The van der Waals surface area contributed by atoms with Crippen LogP contribution in [0.5, 0.6) is 0 Å². The molecule has 1 N–H and O–H groups in total. The summed E-state index contributed by atoms with van der Waals surface area (Å²) in [4.78, 5) is 4.02. The number of anilines is 1. The monoisotopic (exact) mass is 254 g/mol. The highest BCUT2D eigenvalue weighted by Crippen LogP contribution is 2.29. The summed E-state index contributed by atoms with van der Waals surface area (Å²) in [6, 6.07) is 2.54. The third-order valence-electron chi connectivity index (χ3n) is 2.63. The number of fused-ring (bicyclic) bond motifs is 1. The lowest BCUT2D eigenvalue weighted by molar-refractivity contribution is 0.453. The predicted molar refractivity (Wildman–Crippen MR) is 65.1 cm³/mol. The van der Waals surface area contributed by atoms with Crippen LogP contribution in [0.15, 0.2) is 12.1 Å². The van der Waals surface area contributed by atoms with Crippen molar-refractivity contribution in [3.8, 4) is 0 Å². The fourth-order valence-corrected chi connectivity index (χ4v) is 1.83. The molecule has 0 aliphatic rings. The number of pyridine rings is 1. The first kappa shape index (κ1) is 12.7. The number of benzene rings is 1. The largest absolute Gasteiger partial charge is 0.384 e. The fourth-order valence-electron chi connectivity index (χ4n) is 1.83. The van der Waals surface area contributed by atoms with Gasteiger partial charge in [-0.05, 0) is 19.4 Å². The van der Waals surface area contributed by atoms with E-state index < -0.39 is 17.5 Å². The lowest BCUT2D eigenvalue weighted by Gasteiger charge is -2.11. The van der Waals surface area contributed by atoms with Crippen LogP contribution >= 0.6 is 0 Å². The zero-order valence-electron chi connectivity index (χ0n) is 10.2. The minimum Gasteiger partial charge on any atom is -0.384 e. The van der Waals surface area contributed by atoms with E-state index >= 15 is 0 Å². The molecule has 0 aliphatic heterocycles. The molecule has 0 saturated carbocycles. The summed E-state index contributed by atoms with van der Waals surface area (Å²) in [5.41, 5.74) is 1.17. The summed E-state index contributed by atoms with van der Waals surface area (Å²) in [6.07, 6.45) is 0.841. The van der Waals surface area contributed by atoms with Gasteiger partial charge in [0.1, 0.15) is 0 Å². The summed E-state index contributed by atoms with van der Waals surface area (Å²) in [7, 11) is 0. The Morgan fingerprint density at radius 3 is 2.56 bits per heavy atom. The first-order valence-electron chi connectivity index (χ1n) is 5.73. The van der Waals surface area contributed by atoms with Crippen molar-refractivity contribution in [1.29, 1.82) is 0 Å². The van der Waals surface area contributed by atoms with Gasteiger partial charge in [0.15, 0.2) is 17.5 Å². The quantitative estimate of drug-likeness (QED) is 0.843. The Labute approximate surface area is 103 Å². The number of nitrogens with one attached hydrogen (secondary N) is 1. The van der Waals surface area contributed by atoms with Gasteiger partial charge in [0.25, 0.3) is 0 Å². The van der Waals surface area contributed by atoms with Crippen LogP contribution in [0, 0.1) is 24.4 Å². The Morgan fingerprint density at radius 1 is 1.17 bits per heavy atom. The maximum absolute atomic E-state index is 13.8. The van der Waals surface area contributed by atoms with Crippen LogP contribution in [0.2, 0.25) is 0 Å². The molecular formula is C13H13F3N2. The highest BCUT2D eigenvalue weighted by Gasteiger charge is 2.17. The Hall–Kier alpha value is -1.78. The van der Waals surface area contributed by atoms with E-state index in [1.54, 1.807) is 13.0 Å². The molecule has 2 rings (SSSR count). The number of nitrogens with zero attached hydrogens (tertiary/aromatic N) is 1. The van der Waals surface area contributed by atoms with Gasteiger partial charge >= 0.3 is 0 Å². The van der Waals surface area contributed by atoms with Crippen LogP contribution < -0.4 is 5.32 Å². The Kier molecular flexibility index (Phi) is 3.41. The normalized spacial score (nSPS) is 10.9. The molecule has 2 aromatic rings. The first-order chi connectivity index (χ1) is 8.54. The Balaban J connectivity index is 2.72. The number of hydrogen-bond donors (Lipinski definition) is 1. The van der Waals surface area contributed by atoms with Gasteiger partial charge < -0.3 is 5.32 Å². The zero-order chi connectivity index (χ0) is 13.3. The van der Waals surface area contributed by atoms with Gasteiger partial charge in [-0.2, -0.15) is 0 Å². The maximum Gasteiger partial charge on any atom is 0.195 e. The number of halogens is 3. The van der Waals surface area contributed by atoms with E-state index in [-0.39, 0.29) is 10.9 Å². The van der Waals surface area contributed by atoms with Gasteiger partial charge in [-0.1, -0.05) is 6.92 Å². The van der Waals surface area contributed by atoms with E-state index in [1.807, 2.05) is 6.92 Å². The van der Waals surface area contributed by atoms with Crippen LogP contribution in [0.4, 0.5) is 18.9 Å². The zero-order valence-corrected chi connectivity index (χ0v) is 10.2. The lowest BCUT2D eigenvalue weighted by atomic mass is 10.1. The van der Waals surface area contributed by atoms with E-state index in [2.05, 4.69) is 10.3 Å². The summed E-state index contributed by atoms with van der Waals surface area (Å²) in [5.74, 6) is -3.89. The van der Waals surface area contributed by atoms with Gasteiger partial charge in [0.05, 0.1) is 10.9 Å². The average molecular weight is 254 g/mol. The SMILES string of the molecule is CCCNc1cc(C)nc2cc(F)c(F)c(F)c12. The molecule has 0 amide bonds. The van der Waals surface area contributed by atoms with Crippen molar-refractivity contribution in [3.63, 3.8) is 0 Å². The van der Waals surface area contributed by atoms with Crippen LogP contribution in [0.3, 0.4) is 0 Å². The van der Waals surface area contributed by atoms with E-state index in [4.69, 9.17) is 0 Å². The minimum atomic E-state index is -1.47. The van der Waals surface area contributed by atoms with Gasteiger partial charge in [-0.15, -0.1) is 0 Å². The molecule has 1 aromatic carbocycles. The van der Waals surface area contributed by atoms with E-state index in [0.29, 0.717) is 17.9 Å². The highest BCUT2D eigenvalue weighted by atomic mass is 19.2. The van der Waals surface area contributed by atoms with Crippen molar-refractivity contribution in [2.75, 3.05) is 11.9 Å². The van der Waals surface area contributed by atoms with Crippen LogP contribution in [0.1, 0.15) is 19.0 Å². The van der Waals surface area contributed by atoms with Crippen molar-refractivity contribution >= 4 is 16.6 Å². The van der Waals surface area contributed by atoms with E-state index in [0.717, 1.165) is 12.5 Å². The van der Waals surface area contributed by atoms with Gasteiger partial charge in [-0.3, -0.25) is 4.98 Å². The first-order valence-corrected chi connectivity index (χ1v) is 5.73. The molecule has 1 heterocycles. The summed E-state index contributed by atoms with van der Waals surface area (Å²) < 4.78 is 40.2. The van der Waals surface area contributed by atoms with Crippen molar-refractivity contribution in [2.24, 2.45) is 0 Å². The molecule has 96 valence electrons. The molecule has 0 radical (unpaired) electrons. The molecule has 2 nitrogen and oxygen atoms in total. The fraction of sp³-hybridized carbons (Fsp3) is 0.308. The summed E-state index contributed by atoms with van der Waals surface area (Å²) in [6.45, 7) is 4.30. The second-order valence-corrected chi connectivity index (χ2v) is 4.12. The third kappa shape index (κ3) is 2.12. The Bertz CT molecular complexity index is 597. The van der Waals surface area contributed by atoms with Crippen molar-refractivity contribution in [1.82, 2.24) is 4.98 Å². The molecule has 0 bridgehead atoms. The van der Waals surface area contributed by atoms with Crippen molar-refractivity contribution in [2.45, 2.75) is 20.3 Å². The second kappa shape index (κ2) is 4.84. The second-order valence-electron chi connectivity index (χ2n) is 4.12. The van der Waals surface area contributed by atoms with Gasteiger partial charge in [0, 0.05) is 24.0 Å². The van der Waals surface area contributed by atoms with Gasteiger partial charge in [0.2, 0.25) is 0 Å². The highest BCUT2D eigenvalue weighted by molar-refractivity contribution is 5.92. The van der Waals surface area contributed by atoms with Crippen molar-refractivity contribution in [3.05, 3.63) is 35.3 Å².